The van der Waals surface area contributed by atoms with E-state index in [0.29, 0.717) is 18.8 Å². The number of piperazine rings is 1. The van der Waals surface area contributed by atoms with Gasteiger partial charge in [0.05, 0.1) is 18.5 Å². The first kappa shape index (κ1) is 19.1. The van der Waals surface area contributed by atoms with Gasteiger partial charge in [-0.2, -0.15) is 5.10 Å². The molecular weight excluding hydrogens is 364 g/mol. The van der Waals surface area contributed by atoms with E-state index in [1.165, 1.54) is 11.3 Å². The Bertz CT molecular complexity index is 1000. The topological polar surface area (TPSA) is 50.6 Å². The van der Waals surface area contributed by atoms with Gasteiger partial charge in [0.25, 0.3) is 5.91 Å². The van der Waals surface area contributed by atoms with E-state index in [4.69, 9.17) is 4.74 Å². The highest BCUT2D eigenvalue weighted by molar-refractivity contribution is 5.93. The van der Waals surface area contributed by atoms with Crippen molar-refractivity contribution >= 4 is 11.6 Å². The maximum Gasteiger partial charge on any atom is 0.272 e. The van der Waals surface area contributed by atoms with Crippen molar-refractivity contribution in [1.82, 2.24) is 14.7 Å². The van der Waals surface area contributed by atoms with Crippen LogP contribution in [-0.2, 0) is 0 Å². The molecule has 0 bridgehead atoms. The highest BCUT2D eigenvalue weighted by Gasteiger charge is 2.25. The molecule has 0 atom stereocenters. The summed E-state index contributed by atoms with van der Waals surface area (Å²) in [5.74, 6) is 0.795. The number of aromatic nitrogens is 2. The summed E-state index contributed by atoms with van der Waals surface area (Å²) in [7, 11) is 1.64. The summed E-state index contributed by atoms with van der Waals surface area (Å²) in [6.07, 6.45) is 0. The monoisotopic (exact) mass is 390 g/mol. The second kappa shape index (κ2) is 7.99. The molecule has 1 aliphatic heterocycles. The van der Waals surface area contributed by atoms with E-state index in [9.17, 15) is 4.79 Å². The van der Waals surface area contributed by atoms with Gasteiger partial charge in [-0.15, -0.1) is 0 Å². The average Bonchev–Trinajstić information content (AvgIpc) is 3.15. The van der Waals surface area contributed by atoms with Crippen molar-refractivity contribution < 1.29 is 9.53 Å². The Balaban J connectivity index is 1.50. The zero-order valence-corrected chi connectivity index (χ0v) is 17.1. The van der Waals surface area contributed by atoms with Crippen LogP contribution in [0, 0.1) is 13.8 Å². The smallest absolute Gasteiger partial charge is 0.272 e. The molecule has 4 rings (SSSR count). The summed E-state index contributed by atoms with van der Waals surface area (Å²) in [6, 6.07) is 18.0. The highest BCUT2D eigenvalue weighted by atomic mass is 16.5. The van der Waals surface area contributed by atoms with Gasteiger partial charge in [0.1, 0.15) is 11.4 Å². The number of amides is 1. The molecule has 1 amide bonds. The van der Waals surface area contributed by atoms with Gasteiger partial charge in [-0.1, -0.05) is 12.1 Å². The van der Waals surface area contributed by atoms with E-state index in [-0.39, 0.29) is 5.91 Å². The van der Waals surface area contributed by atoms with Gasteiger partial charge >= 0.3 is 0 Å². The predicted molar refractivity (Wildman–Crippen MR) is 114 cm³/mol. The van der Waals surface area contributed by atoms with Gasteiger partial charge < -0.3 is 14.5 Å². The lowest BCUT2D eigenvalue weighted by Gasteiger charge is -2.36. The van der Waals surface area contributed by atoms with Crippen LogP contribution in [0.5, 0.6) is 5.75 Å². The Morgan fingerprint density at radius 2 is 1.66 bits per heavy atom. The first-order valence-electron chi connectivity index (χ1n) is 9.87. The third-order valence-electron chi connectivity index (χ3n) is 5.30. The standard InChI is InChI=1S/C23H26N4O2/c1-17-5-4-6-20(15-17)25-11-13-26(14-12-25)23(28)22-16-18(2)24-27(22)19-7-9-21(29-3)10-8-19/h4-10,15-16H,11-14H2,1-3H3. The molecule has 0 aliphatic carbocycles. The van der Waals surface area contributed by atoms with Gasteiger partial charge in [0.2, 0.25) is 0 Å². The SMILES string of the molecule is COc1ccc(-n2nc(C)cc2C(=O)N2CCN(c3cccc(C)c3)CC2)cc1. The molecule has 3 aromatic rings. The van der Waals surface area contributed by atoms with Crippen LogP contribution in [0.1, 0.15) is 21.7 Å². The third kappa shape index (κ3) is 3.97. The van der Waals surface area contributed by atoms with Crippen LogP contribution in [0.3, 0.4) is 0 Å². The molecule has 6 heteroatoms. The molecular formula is C23H26N4O2. The molecule has 150 valence electrons. The summed E-state index contributed by atoms with van der Waals surface area (Å²) in [6.45, 7) is 7.05. The Morgan fingerprint density at radius 3 is 2.31 bits per heavy atom. The van der Waals surface area contributed by atoms with E-state index < -0.39 is 0 Å². The fraction of sp³-hybridized carbons (Fsp3) is 0.304. The minimum Gasteiger partial charge on any atom is -0.497 e. The van der Waals surface area contributed by atoms with E-state index in [0.717, 1.165) is 30.2 Å². The van der Waals surface area contributed by atoms with Crippen LogP contribution in [0.15, 0.2) is 54.6 Å². The van der Waals surface area contributed by atoms with Crippen molar-refractivity contribution in [3.63, 3.8) is 0 Å². The molecule has 1 fully saturated rings. The molecule has 0 radical (unpaired) electrons. The first-order chi connectivity index (χ1) is 14.0. The number of anilines is 1. The second-order valence-corrected chi connectivity index (χ2v) is 7.40. The van der Waals surface area contributed by atoms with E-state index in [1.807, 2.05) is 42.2 Å². The third-order valence-corrected chi connectivity index (χ3v) is 5.30. The second-order valence-electron chi connectivity index (χ2n) is 7.40. The van der Waals surface area contributed by atoms with Crippen molar-refractivity contribution in [2.45, 2.75) is 13.8 Å². The molecule has 1 aliphatic rings. The number of nitrogens with zero attached hydrogens (tertiary/aromatic N) is 4. The summed E-state index contributed by atoms with van der Waals surface area (Å²) >= 11 is 0. The first-order valence-corrected chi connectivity index (χ1v) is 9.87. The lowest BCUT2D eigenvalue weighted by atomic mass is 10.2. The fourth-order valence-corrected chi connectivity index (χ4v) is 3.73. The lowest BCUT2D eigenvalue weighted by Crippen LogP contribution is -2.49. The molecule has 1 saturated heterocycles. The molecule has 0 spiro atoms. The van der Waals surface area contributed by atoms with E-state index in [2.05, 4.69) is 41.2 Å². The van der Waals surface area contributed by atoms with Crippen LogP contribution in [0.25, 0.3) is 5.69 Å². The Morgan fingerprint density at radius 1 is 0.931 bits per heavy atom. The summed E-state index contributed by atoms with van der Waals surface area (Å²) < 4.78 is 6.95. The van der Waals surface area contributed by atoms with Crippen molar-refractivity contribution in [1.29, 1.82) is 0 Å². The molecule has 2 heterocycles. The Labute approximate surface area is 171 Å². The van der Waals surface area contributed by atoms with Crippen molar-refractivity contribution in [2.75, 3.05) is 38.2 Å². The average molecular weight is 390 g/mol. The van der Waals surface area contributed by atoms with Gasteiger partial charge in [0.15, 0.2) is 0 Å². The van der Waals surface area contributed by atoms with Crippen LogP contribution in [0.4, 0.5) is 5.69 Å². The van der Waals surface area contributed by atoms with Gasteiger partial charge in [0, 0.05) is 31.9 Å². The molecule has 0 N–H and O–H groups in total. The Kier molecular flexibility index (Phi) is 5.25. The molecule has 1 aromatic heterocycles. The fourth-order valence-electron chi connectivity index (χ4n) is 3.73. The number of methoxy groups -OCH3 is 1. The number of aryl methyl sites for hydroxylation is 2. The predicted octanol–water partition coefficient (Wildman–Crippen LogP) is 3.46. The Hall–Kier alpha value is -3.28. The minimum absolute atomic E-state index is 0.0188. The number of carbonyl (C=O) groups excluding carboxylic acids is 1. The molecule has 0 saturated carbocycles. The number of carbonyl (C=O) groups is 1. The van der Waals surface area contributed by atoms with Crippen LogP contribution < -0.4 is 9.64 Å². The van der Waals surface area contributed by atoms with Crippen molar-refractivity contribution in [3.05, 3.63) is 71.5 Å². The highest BCUT2D eigenvalue weighted by Crippen LogP contribution is 2.21. The summed E-state index contributed by atoms with van der Waals surface area (Å²) in [5, 5.41) is 4.54. The quantitative estimate of drug-likeness (QED) is 0.685. The van der Waals surface area contributed by atoms with Crippen molar-refractivity contribution in [2.24, 2.45) is 0 Å². The zero-order chi connectivity index (χ0) is 20.4. The number of ether oxygens (including phenoxy) is 1. The normalized spacial score (nSPS) is 14.2. The molecule has 29 heavy (non-hydrogen) atoms. The van der Waals surface area contributed by atoms with Crippen LogP contribution >= 0.6 is 0 Å². The minimum atomic E-state index is 0.0188. The van der Waals surface area contributed by atoms with Gasteiger partial charge in [-0.25, -0.2) is 4.68 Å². The molecule has 2 aromatic carbocycles. The maximum atomic E-state index is 13.2. The molecule has 6 nitrogen and oxygen atoms in total. The molecule has 0 unspecified atom stereocenters. The lowest BCUT2D eigenvalue weighted by molar-refractivity contribution is 0.0737. The number of hydrogen-bond acceptors (Lipinski definition) is 4. The van der Waals surface area contributed by atoms with E-state index in [1.54, 1.807) is 11.8 Å². The van der Waals surface area contributed by atoms with Gasteiger partial charge in [-0.05, 0) is 61.9 Å². The largest absolute Gasteiger partial charge is 0.497 e. The number of rotatable bonds is 4. The van der Waals surface area contributed by atoms with Crippen molar-refractivity contribution in [3.8, 4) is 11.4 Å². The number of hydrogen-bond donors (Lipinski definition) is 0. The summed E-state index contributed by atoms with van der Waals surface area (Å²) in [4.78, 5) is 17.5. The van der Waals surface area contributed by atoms with Crippen LogP contribution in [0.2, 0.25) is 0 Å². The van der Waals surface area contributed by atoms with Crippen LogP contribution in [-0.4, -0.2) is 53.9 Å². The van der Waals surface area contributed by atoms with E-state index >= 15 is 0 Å². The van der Waals surface area contributed by atoms with Gasteiger partial charge in [-0.3, -0.25) is 4.79 Å². The summed E-state index contributed by atoms with van der Waals surface area (Å²) in [5.41, 5.74) is 4.73. The number of benzene rings is 2. The zero-order valence-electron chi connectivity index (χ0n) is 17.1. The maximum absolute atomic E-state index is 13.2.